The first-order valence-corrected chi connectivity index (χ1v) is 6.51. The maximum absolute atomic E-state index is 10.5. The Morgan fingerprint density at radius 3 is 2.88 bits per heavy atom. The number of hydrogen-bond acceptors (Lipinski definition) is 4. The average Bonchev–Trinajstić information content (AvgIpc) is 2.60. The van der Waals surface area contributed by atoms with Crippen LogP contribution in [-0.4, -0.2) is 35.6 Å². The molecule has 6 heteroatoms. The van der Waals surface area contributed by atoms with E-state index in [1.165, 1.54) is 4.88 Å². The molecule has 4 nitrogen and oxygen atoms in total. The predicted molar refractivity (Wildman–Crippen MR) is 68.6 cm³/mol. The molecule has 0 aliphatic carbocycles. The second-order valence-electron chi connectivity index (χ2n) is 3.68. The average molecular weight is 307 g/mol. The van der Waals surface area contributed by atoms with Gasteiger partial charge in [-0.2, -0.15) is 0 Å². The number of thiophene rings is 1. The van der Waals surface area contributed by atoms with Crippen LogP contribution in [0, 0.1) is 0 Å². The van der Waals surface area contributed by atoms with Gasteiger partial charge in [0.25, 0.3) is 0 Å². The van der Waals surface area contributed by atoms with E-state index in [9.17, 15) is 4.79 Å². The first-order chi connectivity index (χ1) is 7.49. The van der Waals surface area contributed by atoms with Crippen LogP contribution in [0.25, 0.3) is 0 Å². The van der Waals surface area contributed by atoms with Crippen LogP contribution in [0.2, 0.25) is 0 Å². The molecular weight excluding hydrogens is 292 g/mol. The topological polar surface area (TPSA) is 66.6 Å². The minimum absolute atomic E-state index is 0.471. The summed E-state index contributed by atoms with van der Waals surface area (Å²) in [6, 6.07) is 3.30. The Labute approximate surface area is 107 Å². The van der Waals surface area contributed by atoms with E-state index in [4.69, 9.17) is 10.8 Å². The second-order valence-corrected chi connectivity index (χ2v) is 6.22. The van der Waals surface area contributed by atoms with Gasteiger partial charge in [-0.3, -0.25) is 4.79 Å². The minimum Gasteiger partial charge on any atom is -0.480 e. The number of carbonyl (C=O) groups is 1. The molecular formula is C10H15BrN2O2S. The van der Waals surface area contributed by atoms with E-state index in [-0.39, 0.29) is 0 Å². The summed E-state index contributed by atoms with van der Waals surface area (Å²) in [6.45, 7) is 1.51. The van der Waals surface area contributed by atoms with Crippen molar-refractivity contribution in [2.75, 3.05) is 13.6 Å². The van der Waals surface area contributed by atoms with E-state index in [0.29, 0.717) is 13.0 Å². The molecule has 1 heterocycles. The fourth-order valence-corrected chi connectivity index (χ4v) is 2.83. The quantitative estimate of drug-likeness (QED) is 0.840. The molecule has 0 radical (unpaired) electrons. The molecule has 16 heavy (non-hydrogen) atoms. The van der Waals surface area contributed by atoms with Crippen molar-refractivity contribution in [3.8, 4) is 0 Å². The molecule has 1 atom stereocenters. The van der Waals surface area contributed by atoms with E-state index in [1.54, 1.807) is 11.3 Å². The van der Waals surface area contributed by atoms with Crippen molar-refractivity contribution >= 4 is 33.2 Å². The van der Waals surface area contributed by atoms with Gasteiger partial charge in [0.2, 0.25) is 0 Å². The first kappa shape index (κ1) is 13.6. The number of carboxylic acid groups (broad SMARTS) is 1. The molecule has 1 aromatic rings. The lowest BCUT2D eigenvalue weighted by Crippen LogP contribution is -2.34. The maximum Gasteiger partial charge on any atom is 0.320 e. The molecule has 0 saturated carbocycles. The van der Waals surface area contributed by atoms with Crippen LogP contribution in [-0.2, 0) is 11.3 Å². The number of aliphatic carboxylic acids is 1. The Morgan fingerprint density at radius 1 is 1.69 bits per heavy atom. The molecule has 0 amide bonds. The van der Waals surface area contributed by atoms with Crippen LogP contribution in [0.4, 0.5) is 0 Å². The van der Waals surface area contributed by atoms with Gasteiger partial charge in [0.1, 0.15) is 6.04 Å². The van der Waals surface area contributed by atoms with Crippen molar-refractivity contribution < 1.29 is 9.90 Å². The summed E-state index contributed by atoms with van der Waals surface area (Å²) in [5.41, 5.74) is 5.43. The maximum atomic E-state index is 10.5. The Morgan fingerprint density at radius 2 is 2.38 bits per heavy atom. The number of hydrogen-bond donors (Lipinski definition) is 2. The van der Waals surface area contributed by atoms with Gasteiger partial charge in [-0.25, -0.2) is 0 Å². The number of rotatable bonds is 6. The molecule has 0 aliphatic heterocycles. The number of nitrogens with zero attached hydrogens (tertiary/aromatic N) is 1. The summed E-state index contributed by atoms with van der Waals surface area (Å²) in [5, 5.41) is 8.64. The van der Waals surface area contributed by atoms with Crippen LogP contribution in [0.15, 0.2) is 15.9 Å². The molecule has 0 saturated heterocycles. The van der Waals surface area contributed by atoms with Crippen molar-refractivity contribution in [2.45, 2.75) is 19.0 Å². The monoisotopic (exact) mass is 306 g/mol. The van der Waals surface area contributed by atoms with Crippen LogP contribution in [0.1, 0.15) is 11.3 Å². The normalized spacial score (nSPS) is 13.0. The van der Waals surface area contributed by atoms with E-state index >= 15 is 0 Å². The summed E-state index contributed by atoms with van der Waals surface area (Å²) >= 11 is 5.09. The highest BCUT2D eigenvalue weighted by atomic mass is 79.9. The lowest BCUT2D eigenvalue weighted by molar-refractivity contribution is -0.138. The molecule has 1 aromatic heterocycles. The smallest absolute Gasteiger partial charge is 0.320 e. The van der Waals surface area contributed by atoms with Gasteiger partial charge >= 0.3 is 5.97 Å². The SMILES string of the molecule is CN(CCC(N)C(=O)O)Cc1ccc(Br)s1. The highest BCUT2D eigenvalue weighted by Gasteiger charge is 2.12. The van der Waals surface area contributed by atoms with Crippen molar-refractivity contribution in [1.82, 2.24) is 4.90 Å². The highest BCUT2D eigenvalue weighted by molar-refractivity contribution is 9.11. The zero-order valence-electron chi connectivity index (χ0n) is 9.02. The van der Waals surface area contributed by atoms with Crippen LogP contribution >= 0.6 is 27.3 Å². The van der Waals surface area contributed by atoms with Gasteiger partial charge in [-0.1, -0.05) is 0 Å². The fraction of sp³-hybridized carbons (Fsp3) is 0.500. The van der Waals surface area contributed by atoms with Crippen LogP contribution in [0.5, 0.6) is 0 Å². The fourth-order valence-electron chi connectivity index (χ4n) is 1.26. The summed E-state index contributed by atoms with van der Waals surface area (Å²) in [6.07, 6.45) is 0.471. The third-order valence-electron chi connectivity index (χ3n) is 2.19. The molecule has 90 valence electrons. The zero-order valence-corrected chi connectivity index (χ0v) is 11.4. The zero-order chi connectivity index (χ0) is 12.1. The van der Waals surface area contributed by atoms with E-state index in [1.807, 2.05) is 13.1 Å². The summed E-state index contributed by atoms with van der Waals surface area (Å²) in [5.74, 6) is -0.938. The molecule has 0 spiro atoms. The Kier molecular flexibility index (Phi) is 5.40. The Hall–Kier alpha value is -0.430. The van der Waals surface area contributed by atoms with E-state index < -0.39 is 12.0 Å². The van der Waals surface area contributed by atoms with Gasteiger partial charge in [0.15, 0.2) is 0 Å². The summed E-state index contributed by atoms with van der Waals surface area (Å²) in [4.78, 5) is 13.8. The molecule has 0 aliphatic rings. The lowest BCUT2D eigenvalue weighted by Gasteiger charge is -2.16. The molecule has 0 bridgehead atoms. The van der Waals surface area contributed by atoms with Crippen molar-refractivity contribution in [3.63, 3.8) is 0 Å². The Bertz CT molecular complexity index is 356. The van der Waals surface area contributed by atoms with Crippen molar-refractivity contribution in [1.29, 1.82) is 0 Å². The van der Waals surface area contributed by atoms with Crippen molar-refractivity contribution in [2.24, 2.45) is 5.73 Å². The van der Waals surface area contributed by atoms with Gasteiger partial charge in [0, 0.05) is 18.0 Å². The van der Waals surface area contributed by atoms with Crippen LogP contribution in [0.3, 0.4) is 0 Å². The third kappa shape index (κ3) is 4.61. The highest BCUT2D eigenvalue weighted by Crippen LogP contribution is 2.22. The molecule has 0 aromatic carbocycles. The molecule has 0 fully saturated rings. The van der Waals surface area contributed by atoms with E-state index in [2.05, 4.69) is 26.9 Å². The number of halogens is 1. The van der Waals surface area contributed by atoms with Gasteiger partial charge in [-0.05, 0) is 41.5 Å². The van der Waals surface area contributed by atoms with E-state index in [0.717, 1.165) is 10.3 Å². The largest absolute Gasteiger partial charge is 0.480 e. The van der Waals surface area contributed by atoms with Gasteiger partial charge in [-0.15, -0.1) is 11.3 Å². The third-order valence-corrected chi connectivity index (χ3v) is 3.80. The molecule has 1 rings (SSSR count). The number of nitrogens with two attached hydrogens (primary N) is 1. The molecule has 1 unspecified atom stereocenters. The van der Waals surface area contributed by atoms with Gasteiger partial charge in [0.05, 0.1) is 3.79 Å². The first-order valence-electron chi connectivity index (χ1n) is 4.90. The van der Waals surface area contributed by atoms with Crippen LogP contribution < -0.4 is 5.73 Å². The Balaban J connectivity index is 2.31. The molecule has 3 N–H and O–H groups in total. The lowest BCUT2D eigenvalue weighted by atomic mass is 10.2. The minimum atomic E-state index is -0.938. The van der Waals surface area contributed by atoms with Crippen molar-refractivity contribution in [3.05, 3.63) is 20.8 Å². The summed E-state index contributed by atoms with van der Waals surface area (Å²) in [7, 11) is 1.96. The standard InChI is InChI=1S/C10H15BrN2O2S/c1-13(5-4-8(12)10(14)15)6-7-2-3-9(11)16-7/h2-3,8H,4-6,12H2,1H3,(H,14,15). The predicted octanol–water partition coefficient (Wildman–Crippen LogP) is 1.74. The number of carboxylic acids is 1. The van der Waals surface area contributed by atoms with Gasteiger partial charge < -0.3 is 15.7 Å². The summed E-state index contributed by atoms with van der Waals surface area (Å²) < 4.78 is 1.11. The second kappa shape index (κ2) is 6.34.